The minimum Gasteiger partial charge on any atom is -0.467 e. The van der Waals surface area contributed by atoms with Crippen molar-refractivity contribution < 1.29 is 23.5 Å². The number of carbonyl (C=O) groups excluding carboxylic acids is 2. The molecule has 0 spiro atoms. The van der Waals surface area contributed by atoms with E-state index in [2.05, 4.69) is 4.74 Å². The Kier molecular flexibility index (Phi) is 4.57. The average molecular weight is 302 g/mol. The summed E-state index contributed by atoms with van der Waals surface area (Å²) in [4.78, 5) is 25.1. The highest BCUT2D eigenvalue weighted by molar-refractivity contribution is 6.31. The van der Waals surface area contributed by atoms with E-state index in [1.165, 1.54) is 24.1 Å². The Morgan fingerprint density at radius 3 is 2.90 bits per heavy atom. The summed E-state index contributed by atoms with van der Waals surface area (Å²) in [5.74, 6) is -1.44. The highest BCUT2D eigenvalue weighted by Gasteiger charge is 2.30. The largest absolute Gasteiger partial charge is 0.467 e. The number of ether oxygens (including phenoxy) is 2. The average Bonchev–Trinajstić information content (AvgIpc) is 2.48. The smallest absolute Gasteiger partial charge is 0.336 e. The van der Waals surface area contributed by atoms with Crippen LogP contribution in [0.2, 0.25) is 5.02 Å². The first kappa shape index (κ1) is 14.7. The van der Waals surface area contributed by atoms with Gasteiger partial charge in [0.15, 0.2) is 6.10 Å². The molecule has 0 radical (unpaired) electrons. The Morgan fingerprint density at radius 1 is 1.50 bits per heavy atom. The molecule has 7 heteroatoms. The molecule has 20 heavy (non-hydrogen) atoms. The standard InChI is InChI=1S/C13H13ClFNO4/c1-19-13(18)11-7-16(4-5-20-11)12(17)8-2-3-10(15)9(14)6-8/h2-3,6,11H,4-5,7H2,1H3. The van der Waals surface area contributed by atoms with Crippen molar-refractivity contribution in [3.63, 3.8) is 0 Å². The summed E-state index contributed by atoms with van der Waals surface area (Å²) in [5.41, 5.74) is 0.266. The number of hydrogen-bond acceptors (Lipinski definition) is 4. The van der Waals surface area contributed by atoms with Crippen LogP contribution >= 0.6 is 11.6 Å². The van der Waals surface area contributed by atoms with E-state index >= 15 is 0 Å². The number of morpholine rings is 1. The van der Waals surface area contributed by atoms with Crippen molar-refractivity contribution in [2.24, 2.45) is 0 Å². The van der Waals surface area contributed by atoms with Crippen molar-refractivity contribution in [2.45, 2.75) is 6.10 Å². The van der Waals surface area contributed by atoms with Crippen LogP contribution in [0, 0.1) is 5.82 Å². The summed E-state index contributed by atoms with van der Waals surface area (Å²) < 4.78 is 22.9. The molecule has 1 heterocycles. The van der Waals surface area contributed by atoms with Crippen molar-refractivity contribution in [1.29, 1.82) is 0 Å². The van der Waals surface area contributed by atoms with Gasteiger partial charge in [0.05, 0.1) is 25.3 Å². The van der Waals surface area contributed by atoms with Crippen LogP contribution in [0.4, 0.5) is 4.39 Å². The van der Waals surface area contributed by atoms with E-state index in [0.717, 1.165) is 6.07 Å². The molecule has 0 saturated carbocycles. The van der Waals surface area contributed by atoms with E-state index in [9.17, 15) is 14.0 Å². The highest BCUT2D eigenvalue weighted by Crippen LogP contribution is 2.18. The zero-order chi connectivity index (χ0) is 14.7. The number of methoxy groups -OCH3 is 1. The molecule has 1 aromatic rings. The lowest BCUT2D eigenvalue weighted by Gasteiger charge is -2.31. The highest BCUT2D eigenvalue weighted by atomic mass is 35.5. The SMILES string of the molecule is COC(=O)C1CN(C(=O)c2ccc(F)c(Cl)c2)CCO1. The second-order valence-electron chi connectivity index (χ2n) is 4.26. The van der Waals surface area contributed by atoms with Gasteiger partial charge in [-0.3, -0.25) is 4.79 Å². The zero-order valence-corrected chi connectivity index (χ0v) is 11.5. The Labute approximate surface area is 120 Å². The fourth-order valence-corrected chi connectivity index (χ4v) is 2.10. The number of carbonyl (C=O) groups is 2. The molecular formula is C13H13ClFNO4. The Hall–Kier alpha value is -1.66. The topological polar surface area (TPSA) is 55.8 Å². The van der Waals surface area contributed by atoms with Gasteiger partial charge in [-0.05, 0) is 18.2 Å². The third-order valence-electron chi connectivity index (χ3n) is 2.98. The molecule has 5 nitrogen and oxygen atoms in total. The van der Waals surface area contributed by atoms with Crippen LogP contribution in [0.5, 0.6) is 0 Å². The van der Waals surface area contributed by atoms with Crippen molar-refractivity contribution in [1.82, 2.24) is 4.90 Å². The quantitative estimate of drug-likeness (QED) is 0.777. The minimum absolute atomic E-state index is 0.0977. The predicted octanol–water partition coefficient (Wildman–Crippen LogP) is 1.49. The molecule has 1 aromatic carbocycles. The maximum Gasteiger partial charge on any atom is 0.336 e. The van der Waals surface area contributed by atoms with Crippen molar-refractivity contribution in [2.75, 3.05) is 26.8 Å². The van der Waals surface area contributed by atoms with Crippen LogP contribution in [0.3, 0.4) is 0 Å². The number of hydrogen-bond donors (Lipinski definition) is 0. The summed E-state index contributed by atoms with van der Waals surface area (Å²) in [6.45, 7) is 0.683. The molecule has 0 aliphatic carbocycles. The number of rotatable bonds is 2. The summed E-state index contributed by atoms with van der Waals surface area (Å²) in [6.07, 6.45) is -0.798. The van der Waals surface area contributed by atoms with Gasteiger partial charge in [-0.1, -0.05) is 11.6 Å². The van der Waals surface area contributed by atoms with E-state index in [1.54, 1.807) is 0 Å². The van der Waals surface area contributed by atoms with Crippen molar-refractivity contribution in [3.05, 3.63) is 34.6 Å². The van der Waals surface area contributed by atoms with Crippen LogP contribution in [-0.4, -0.2) is 49.7 Å². The fourth-order valence-electron chi connectivity index (χ4n) is 1.92. The van der Waals surface area contributed by atoms with Crippen LogP contribution in [0.1, 0.15) is 10.4 Å². The number of halogens is 2. The van der Waals surface area contributed by atoms with Crippen molar-refractivity contribution >= 4 is 23.5 Å². The van der Waals surface area contributed by atoms with E-state index < -0.39 is 17.9 Å². The van der Waals surface area contributed by atoms with Crippen LogP contribution in [0.15, 0.2) is 18.2 Å². The molecule has 2 rings (SSSR count). The Bertz CT molecular complexity index is 537. The summed E-state index contributed by atoms with van der Waals surface area (Å²) in [6, 6.07) is 3.75. The fraction of sp³-hybridized carbons (Fsp3) is 0.385. The van der Waals surface area contributed by atoms with Gasteiger partial charge in [-0.25, -0.2) is 9.18 Å². The predicted molar refractivity (Wildman–Crippen MR) is 69.1 cm³/mol. The number of esters is 1. The lowest BCUT2D eigenvalue weighted by Crippen LogP contribution is -2.48. The lowest BCUT2D eigenvalue weighted by atomic mass is 10.1. The maximum absolute atomic E-state index is 13.1. The maximum atomic E-state index is 13.1. The van der Waals surface area contributed by atoms with Gasteiger partial charge in [-0.2, -0.15) is 0 Å². The van der Waals surface area contributed by atoms with Crippen molar-refractivity contribution in [3.8, 4) is 0 Å². The van der Waals surface area contributed by atoms with Crippen LogP contribution in [-0.2, 0) is 14.3 Å². The molecule has 1 saturated heterocycles. The van der Waals surface area contributed by atoms with E-state index in [0.29, 0.717) is 6.54 Å². The molecule has 1 aliphatic heterocycles. The van der Waals surface area contributed by atoms with E-state index in [4.69, 9.17) is 16.3 Å². The van der Waals surface area contributed by atoms with Gasteiger partial charge in [-0.15, -0.1) is 0 Å². The molecule has 1 fully saturated rings. The number of amides is 1. The molecule has 108 valence electrons. The monoisotopic (exact) mass is 301 g/mol. The molecule has 1 atom stereocenters. The minimum atomic E-state index is -0.798. The lowest BCUT2D eigenvalue weighted by molar-refractivity contribution is -0.158. The number of nitrogens with zero attached hydrogens (tertiary/aromatic N) is 1. The van der Waals surface area contributed by atoms with Gasteiger partial charge < -0.3 is 14.4 Å². The molecular weight excluding hydrogens is 289 g/mol. The molecule has 1 amide bonds. The Balaban J connectivity index is 2.12. The first-order valence-electron chi connectivity index (χ1n) is 5.96. The van der Waals surface area contributed by atoms with E-state index in [-0.39, 0.29) is 29.6 Å². The number of benzene rings is 1. The molecule has 0 N–H and O–H groups in total. The third kappa shape index (κ3) is 3.08. The summed E-state index contributed by atoms with van der Waals surface area (Å²) in [7, 11) is 1.26. The van der Waals surface area contributed by atoms with Gasteiger partial charge in [0.25, 0.3) is 5.91 Å². The second-order valence-corrected chi connectivity index (χ2v) is 4.67. The van der Waals surface area contributed by atoms with Gasteiger partial charge >= 0.3 is 5.97 Å². The second kappa shape index (κ2) is 6.19. The Morgan fingerprint density at radius 2 is 2.25 bits per heavy atom. The zero-order valence-electron chi connectivity index (χ0n) is 10.8. The molecule has 1 unspecified atom stereocenters. The first-order valence-corrected chi connectivity index (χ1v) is 6.34. The third-order valence-corrected chi connectivity index (χ3v) is 3.27. The molecule has 0 bridgehead atoms. The van der Waals surface area contributed by atoms with Crippen LogP contribution < -0.4 is 0 Å². The first-order chi connectivity index (χ1) is 9.52. The normalized spacial score (nSPS) is 18.8. The summed E-state index contributed by atoms with van der Waals surface area (Å²) in [5, 5.41) is -0.117. The van der Waals surface area contributed by atoms with Gasteiger partial charge in [0.1, 0.15) is 5.82 Å². The van der Waals surface area contributed by atoms with Gasteiger partial charge in [0.2, 0.25) is 0 Å². The molecule has 0 aromatic heterocycles. The summed E-state index contributed by atoms with van der Waals surface area (Å²) >= 11 is 5.65. The van der Waals surface area contributed by atoms with E-state index in [1.807, 2.05) is 0 Å². The molecule has 1 aliphatic rings. The van der Waals surface area contributed by atoms with Crippen LogP contribution in [0.25, 0.3) is 0 Å². The van der Waals surface area contributed by atoms with Gasteiger partial charge in [0, 0.05) is 12.1 Å².